The summed E-state index contributed by atoms with van der Waals surface area (Å²) in [5, 5.41) is 3.94. The Labute approximate surface area is 110 Å². The van der Waals surface area contributed by atoms with Crippen LogP contribution in [0.1, 0.15) is 17.0 Å². The number of hydrogen-bond donors (Lipinski definition) is 1. The van der Waals surface area contributed by atoms with Crippen LogP contribution in [0.25, 0.3) is 0 Å². The molecule has 0 radical (unpaired) electrons. The summed E-state index contributed by atoms with van der Waals surface area (Å²) in [6.07, 6.45) is 0. The van der Waals surface area contributed by atoms with Gasteiger partial charge >= 0.3 is 0 Å². The van der Waals surface area contributed by atoms with E-state index in [0.717, 1.165) is 39.1 Å². The molecule has 0 unspecified atom stereocenters. The van der Waals surface area contributed by atoms with E-state index in [1.165, 1.54) is 0 Å². The van der Waals surface area contributed by atoms with Crippen LogP contribution in [0.15, 0.2) is 27.6 Å². The Bertz CT molecular complexity index is 532. The van der Waals surface area contributed by atoms with E-state index in [9.17, 15) is 0 Å². The van der Waals surface area contributed by atoms with Crippen molar-refractivity contribution in [2.45, 2.75) is 24.5 Å². The SMILES string of the molecule is COc1ccc(N)c(SCc2c(C)noc2C)c1. The van der Waals surface area contributed by atoms with Crippen molar-refractivity contribution in [1.29, 1.82) is 0 Å². The van der Waals surface area contributed by atoms with Gasteiger partial charge in [0, 0.05) is 21.9 Å². The minimum atomic E-state index is 0.757. The molecule has 0 aliphatic heterocycles. The molecular weight excluding hydrogens is 248 g/mol. The molecule has 2 aromatic rings. The Morgan fingerprint density at radius 1 is 1.39 bits per heavy atom. The summed E-state index contributed by atoms with van der Waals surface area (Å²) < 4.78 is 10.3. The number of nitrogens with two attached hydrogens (primary N) is 1. The van der Waals surface area contributed by atoms with Crippen molar-refractivity contribution >= 4 is 17.4 Å². The van der Waals surface area contributed by atoms with Gasteiger partial charge in [-0.15, -0.1) is 11.8 Å². The molecule has 0 saturated heterocycles. The Kier molecular flexibility index (Phi) is 3.81. The number of methoxy groups -OCH3 is 1. The third-order valence-electron chi connectivity index (χ3n) is 2.77. The average molecular weight is 264 g/mol. The van der Waals surface area contributed by atoms with Gasteiger partial charge in [-0.25, -0.2) is 0 Å². The van der Waals surface area contributed by atoms with Crippen LogP contribution in [-0.4, -0.2) is 12.3 Å². The number of nitrogen functional groups attached to an aromatic ring is 1. The average Bonchev–Trinajstić information content (AvgIpc) is 2.68. The fourth-order valence-corrected chi connectivity index (χ4v) is 2.77. The molecule has 0 fully saturated rings. The molecule has 0 saturated carbocycles. The fraction of sp³-hybridized carbons (Fsp3) is 0.308. The second kappa shape index (κ2) is 5.35. The van der Waals surface area contributed by atoms with Gasteiger partial charge in [0.05, 0.1) is 12.8 Å². The van der Waals surface area contributed by atoms with Crippen molar-refractivity contribution in [2.24, 2.45) is 0 Å². The molecule has 0 spiro atoms. The molecule has 4 nitrogen and oxygen atoms in total. The molecule has 0 bridgehead atoms. The molecule has 5 heteroatoms. The maximum Gasteiger partial charge on any atom is 0.137 e. The molecule has 1 heterocycles. The third kappa shape index (κ3) is 2.61. The van der Waals surface area contributed by atoms with E-state index in [1.54, 1.807) is 18.9 Å². The second-order valence-electron chi connectivity index (χ2n) is 4.00. The second-order valence-corrected chi connectivity index (χ2v) is 5.01. The Morgan fingerprint density at radius 2 is 2.17 bits per heavy atom. The zero-order chi connectivity index (χ0) is 13.1. The summed E-state index contributed by atoms with van der Waals surface area (Å²) in [5.41, 5.74) is 8.76. The molecule has 0 aliphatic carbocycles. The lowest BCUT2D eigenvalue weighted by Gasteiger charge is -2.07. The number of hydrogen-bond acceptors (Lipinski definition) is 5. The van der Waals surface area contributed by atoms with Gasteiger partial charge in [0.15, 0.2) is 0 Å². The number of rotatable bonds is 4. The zero-order valence-electron chi connectivity index (χ0n) is 10.7. The summed E-state index contributed by atoms with van der Waals surface area (Å²) in [6.45, 7) is 3.87. The zero-order valence-corrected chi connectivity index (χ0v) is 11.5. The summed E-state index contributed by atoms with van der Waals surface area (Å²) in [6, 6.07) is 5.65. The minimum Gasteiger partial charge on any atom is -0.497 e. The van der Waals surface area contributed by atoms with E-state index in [4.69, 9.17) is 15.0 Å². The maximum absolute atomic E-state index is 5.94. The standard InChI is InChI=1S/C13H16N2O2S/c1-8-11(9(2)17-15-8)7-18-13-6-10(16-3)4-5-12(13)14/h4-6H,7,14H2,1-3H3. The number of benzene rings is 1. The molecule has 18 heavy (non-hydrogen) atoms. The van der Waals surface area contributed by atoms with Gasteiger partial charge in [0.1, 0.15) is 11.5 Å². The van der Waals surface area contributed by atoms with E-state index in [0.29, 0.717) is 0 Å². The Balaban J connectivity index is 2.15. The molecular formula is C13H16N2O2S. The highest BCUT2D eigenvalue weighted by molar-refractivity contribution is 7.98. The molecule has 0 atom stereocenters. The largest absolute Gasteiger partial charge is 0.497 e. The predicted octanol–water partition coefficient (Wildman–Crippen LogP) is 3.17. The smallest absolute Gasteiger partial charge is 0.137 e. The highest BCUT2D eigenvalue weighted by Gasteiger charge is 2.10. The number of nitrogens with zero attached hydrogens (tertiary/aromatic N) is 1. The lowest BCUT2D eigenvalue weighted by Crippen LogP contribution is -1.92. The molecule has 2 N–H and O–H groups in total. The molecule has 1 aromatic carbocycles. The van der Waals surface area contributed by atoms with Crippen LogP contribution in [0, 0.1) is 13.8 Å². The summed E-state index contributed by atoms with van der Waals surface area (Å²) >= 11 is 1.66. The number of aryl methyl sites for hydroxylation is 2. The summed E-state index contributed by atoms with van der Waals surface area (Å²) in [5.74, 6) is 2.46. The molecule has 0 amide bonds. The highest BCUT2D eigenvalue weighted by atomic mass is 32.2. The highest BCUT2D eigenvalue weighted by Crippen LogP contribution is 2.32. The third-order valence-corrected chi connectivity index (χ3v) is 3.87. The van der Waals surface area contributed by atoms with Gasteiger partial charge in [0.2, 0.25) is 0 Å². The van der Waals surface area contributed by atoms with E-state index < -0.39 is 0 Å². The van der Waals surface area contributed by atoms with Gasteiger partial charge < -0.3 is 15.0 Å². The fourth-order valence-electron chi connectivity index (χ4n) is 1.62. The predicted molar refractivity (Wildman–Crippen MR) is 72.9 cm³/mol. The van der Waals surface area contributed by atoms with E-state index in [2.05, 4.69) is 5.16 Å². The van der Waals surface area contributed by atoms with Crippen LogP contribution in [0.2, 0.25) is 0 Å². The van der Waals surface area contributed by atoms with Crippen LogP contribution < -0.4 is 10.5 Å². The normalized spacial score (nSPS) is 10.6. The van der Waals surface area contributed by atoms with Crippen LogP contribution >= 0.6 is 11.8 Å². The van der Waals surface area contributed by atoms with E-state index in [-0.39, 0.29) is 0 Å². The first-order valence-corrected chi connectivity index (χ1v) is 6.58. The first-order chi connectivity index (χ1) is 8.61. The van der Waals surface area contributed by atoms with Crippen LogP contribution in [-0.2, 0) is 5.75 Å². The van der Waals surface area contributed by atoms with Crippen molar-refractivity contribution in [3.8, 4) is 5.75 Å². The maximum atomic E-state index is 5.94. The van der Waals surface area contributed by atoms with E-state index >= 15 is 0 Å². The van der Waals surface area contributed by atoms with Crippen molar-refractivity contribution in [3.63, 3.8) is 0 Å². The number of ether oxygens (including phenoxy) is 1. The minimum absolute atomic E-state index is 0.757. The van der Waals surface area contributed by atoms with Gasteiger partial charge in [-0.1, -0.05) is 5.16 Å². The van der Waals surface area contributed by atoms with Gasteiger partial charge in [-0.3, -0.25) is 0 Å². The first kappa shape index (κ1) is 12.8. The van der Waals surface area contributed by atoms with Crippen molar-refractivity contribution in [2.75, 3.05) is 12.8 Å². The Morgan fingerprint density at radius 3 is 2.78 bits per heavy atom. The molecule has 96 valence electrons. The van der Waals surface area contributed by atoms with Gasteiger partial charge in [-0.2, -0.15) is 0 Å². The Hall–Kier alpha value is -1.62. The van der Waals surface area contributed by atoms with E-state index in [1.807, 2.05) is 32.0 Å². The van der Waals surface area contributed by atoms with Crippen LogP contribution in [0.4, 0.5) is 5.69 Å². The number of thioether (sulfide) groups is 1. The number of aromatic nitrogens is 1. The first-order valence-electron chi connectivity index (χ1n) is 5.60. The summed E-state index contributed by atoms with van der Waals surface area (Å²) in [4.78, 5) is 1.01. The van der Waals surface area contributed by atoms with Gasteiger partial charge in [0.25, 0.3) is 0 Å². The topological polar surface area (TPSA) is 61.3 Å². The van der Waals surface area contributed by atoms with Crippen molar-refractivity contribution in [1.82, 2.24) is 5.16 Å². The van der Waals surface area contributed by atoms with Crippen LogP contribution in [0.3, 0.4) is 0 Å². The van der Waals surface area contributed by atoms with Crippen molar-refractivity contribution in [3.05, 3.63) is 35.2 Å². The molecule has 0 aliphatic rings. The molecule has 2 rings (SSSR count). The van der Waals surface area contributed by atoms with Crippen LogP contribution in [0.5, 0.6) is 5.75 Å². The van der Waals surface area contributed by atoms with Gasteiger partial charge in [-0.05, 0) is 32.0 Å². The van der Waals surface area contributed by atoms with Crippen molar-refractivity contribution < 1.29 is 9.26 Å². The molecule has 1 aromatic heterocycles. The monoisotopic (exact) mass is 264 g/mol. The summed E-state index contributed by atoms with van der Waals surface area (Å²) in [7, 11) is 1.65. The lowest BCUT2D eigenvalue weighted by molar-refractivity contribution is 0.392. The number of anilines is 1. The quantitative estimate of drug-likeness (QED) is 0.679. The lowest BCUT2D eigenvalue weighted by atomic mass is 10.2.